The first-order valence-corrected chi connectivity index (χ1v) is 6.21. The van der Waals surface area contributed by atoms with Gasteiger partial charge in [-0.05, 0) is 30.4 Å². The van der Waals surface area contributed by atoms with Crippen molar-refractivity contribution in [3.8, 4) is 6.07 Å². The van der Waals surface area contributed by atoms with Crippen LogP contribution in [0.5, 0.6) is 0 Å². The van der Waals surface area contributed by atoms with Crippen molar-refractivity contribution in [3.05, 3.63) is 22.8 Å². The van der Waals surface area contributed by atoms with Crippen molar-refractivity contribution < 1.29 is 0 Å². The van der Waals surface area contributed by atoms with Gasteiger partial charge in [0.15, 0.2) is 0 Å². The number of piperidine rings is 1. The van der Waals surface area contributed by atoms with Crippen molar-refractivity contribution in [2.45, 2.75) is 26.7 Å². The number of anilines is 1. The summed E-state index contributed by atoms with van der Waals surface area (Å²) in [5, 5.41) is 9.31. The molecular weight excluding hydrogens is 234 g/mol. The van der Waals surface area contributed by atoms with Gasteiger partial charge in [-0.15, -0.1) is 0 Å². The van der Waals surface area contributed by atoms with Crippen LogP contribution in [0.4, 0.5) is 5.82 Å². The second-order valence-electron chi connectivity index (χ2n) is 5.30. The topological polar surface area (TPSA) is 39.9 Å². The summed E-state index contributed by atoms with van der Waals surface area (Å²) in [6.45, 7) is 6.53. The van der Waals surface area contributed by atoms with E-state index in [-0.39, 0.29) is 0 Å². The zero-order chi connectivity index (χ0) is 12.5. The number of pyridine rings is 1. The minimum atomic E-state index is 0.392. The summed E-state index contributed by atoms with van der Waals surface area (Å²) in [6.07, 6.45) is 2.28. The van der Waals surface area contributed by atoms with Crippen LogP contribution in [0.15, 0.2) is 12.1 Å². The molecule has 1 fully saturated rings. The fourth-order valence-corrected chi connectivity index (χ4v) is 2.25. The van der Waals surface area contributed by atoms with Gasteiger partial charge in [0.05, 0.1) is 11.6 Å². The molecule has 4 heteroatoms. The third-order valence-electron chi connectivity index (χ3n) is 3.35. The van der Waals surface area contributed by atoms with Crippen LogP contribution in [0.25, 0.3) is 0 Å². The molecule has 2 rings (SSSR count). The first-order chi connectivity index (χ1) is 8.00. The Morgan fingerprint density at radius 3 is 2.59 bits per heavy atom. The summed E-state index contributed by atoms with van der Waals surface area (Å²) in [5.41, 5.74) is 0.984. The molecule has 0 unspecified atom stereocenters. The molecule has 3 nitrogen and oxygen atoms in total. The fraction of sp³-hybridized carbons (Fsp3) is 0.538. The summed E-state index contributed by atoms with van der Waals surface area (Å²) in [5.74, 6) is 0.824. The number of halogens is 1. The van der Waals surface area contributed by atoms with Crippen LogP contribution in [-0.2, 0) is 0 Å². The highest BCUT2D eigenvalue weighted by molar-refractivity contribution is 6.29. The van der Waals surface area contributed by atoms with E-state index >= 15 is 0 Å². The lowest BCUT2D eigenvalue weighted by atomic mass is 9.83. The Balaban J connectivity index is 2.19. The van der Waals surface area contributed by atoms with Gasteiger partial charge in [-0.25, -0.2) is 4.98 Å². The molecule has 1 aliphatic rings. The van der Waals surface area contributed by atoms with Gasteiger partial charge in [-0.3, -0.25) is 0 Å². The molecule has 0 spiro atoms. The summed E-state index contributed by atoms with van der Waals surface area (Å²) in [7, 11) is 0. The molecule has 90 valence electrons. The minimum absolute atomic E-state index is 0.392. The standard InChI is InChI=1S/C13H16ClN3/c1-13(2)3-5-17(6-4-13)12-8-10(9-15)7-11(14)16-12/h7-8H,3-6H2,1-2H3. The molecule has 0 aromatic carbocycles. The molecule has 0 amide bonds. The Hall–Kier alpha value is -1.27. The summed E-state index contributed by atoms with van der Waals surface area (Å²) < 4.78 is 0. The molecule has 0 atom stereocenters. The fourth-order valence-electron chi connectivity index (χ4n) is 2.05. The molecule has 0 N–H and O–H groups in total. The molecule has 0 saturated carbocycles. The molecule has 2 heterocycles. The molecule has 1 saturated heterocycles. The molecule has 0 aliphatic carbocycles. The van der Waals surface area contributed by atoms with Gasteiger partial charge in [0, 0.05) is 13.1 Å². The zero-order valence-corrected chi connectivity index (χ0v) is 11.0. The van der Waals surface area contributed by atoms with Crippen LogP contribution in [0.2, 0.25) is 5.15 Å². The predicted molar refractivity (Wildman–Crippen MR) is 69.2 cm³/mol. The van der Waals surface area contributed by atoms with Gasteiger partial charge in [0.2, 0.25) is 0 Å². The van der Waals surface area contributed by atoms with Crippen LogP contribution in [0.1, 0.15) is 32.3 Å². The Morgan fingerprint density at radius 2 is 2.00 bits per heavy atom. The van der Waals surface area contributed by atoms with E-state index in [1.807, 2.05) is 6.07 Å². The van der Waals surface area contributed by atoms with E-state index in [2.05, 4.69) is 29.8 Å². The van der Waals surface area contributed by atoms with Gasteiger partial charge in [0.1, 0.15) is 11.0 Å². The van der Waals surface area contributed by atoms with Crippen LogP contribution in [-0.4, -0.2) is 18.1 Å². The number of hydrogen-bond acceptors (Lipinski definition) is 3. The Morgan fingerprint density at radius 1 is 1.35 bits per heavy atom. The Bertz CT molecular complexity index is 452. The molecule has 1 aromatic rings. The lowest BCUT2D eigenvalue weighted by molar-refractivity contribution is 0.279. The molecular formula is C13H16ClN3. The van der Waals surface area contributed by atoms with Gasteiger partial charge in [0.25, 0.3) is 0 Å². The lowest BCUT2D eigenvalue weighted by Crippen LogP contribution is -2.37. The van der Waals surface area contributed by atoms with Gasteiger partial charge in [-0.2, -0.15) is 5.26 Å². The highest BCUT2D eigenvalue weighted by atomic mass is 35.5. The van der Waals surface area contributed by atoms with E-state index in [0.717, 1.165) is 31.7 Å². The zero-order valence-electron chi connectivity index (χ0n) is 10.2. The van der Waals surface area contributed by atoms with Crippen LogP contribution in [0.3, 0.4) is 0 Å². The average molecular weight is 250 g/mol. The van der Waals surface area contributed by atoms with E-state index in [1.165, 1.54) is 0 Å². The number of nitriles is 1. The normalized spacial score (nSPS) is 18.8. The molecule has 0 radical (unpaired) electrons. The quantitative estimate of drug-likeness (QED) is 0.718. The maximum Gasteiger partial charge on any atom is 0.132 e. The van der Waals surface area contributed by atoms with Crippen molar-refractivity contribution in [1.82, 2.24) is 4.98 Å². The second kappa shape index (κ2) is 4.54. The Labute approximate surface area is 107 Å². The van der Waals surface area contributed by atoms with Gasteiger partial charge < -0.3 is 4.90 Å². The van der Waals surface area contributed by atoms with Crippen molar-refractivity contribution in [1.29, 1.82) is 5.26 Å². The number of hydrogen-bond donors (Lipinski definition) is 0. The molecule has 17 heavy (non-hydrogen) atoms. The van der Waals surface area contributed by atoms with Gasteiger partial charge >= 0.3 is 0 Å². The largest absolute Gasteiger partial charge is 0.356 e. The third kappa shape index (κ3) is 2.89. The predicted octanol–water partition coefficient (Wildman–Crippen LogP) is 3.23. The van der Waals surface area contributed by atoms with Crippen molar-refractivity contribution in [2.24, 2.45) is 5.41 Å². The number of aromatic nitrogens is 1. The smallest absolute Gasteiger partial charge is 0.132 e. The van der Waals surface area contributed by atoms with E-state index in [4.69, 9.17) is 16.9 Å². The van der Waals surface area contributed by atoms with E-state index in [0.29, 0.717) is 16.1 Å². The SMILES string of the molecule is CC1(C)CCN(c2cc(C#N)cc(Cl)n2)CC1. The van der Waals surface area contributed by atoms with Crippen molar-refractivity contribution in [2.75, 3.05) is 18.0 Å². The average Bonchev–Trinajstić information content (AvgIpc) is 2.28. The molecule has 1 aliphatic heterocycles. The van der Waals surface area contributed by atoms with Crippen molar-refractivity contribution in [3.63, 3.8) is 0 Å². The first-order valence-electron chi connectivity index (χ1n) is 5.83. The second-order valence-corrected chi connectivity index (χ2v) is 5.69. The maximum absolute atomic E-state index is 8.91. The molecule has 0 bridgehead atoms. The van der Waals surface area contributed by atoms with E-state index in [1.54, 1.807) is 6.07 Å². The van der Waals surface area contributed by atoms with Crippen LogP contribution in [0, 0.1) is 16.7 Å². The highest BCUT2D eigenvalue weighted by Crippen LogP contribution is 2.32. The van der Waals surface area contributed by atoms with Gasteiger partial charge in [-0.1, -0.05) is 25.4 Å². The maximum atomic E-state index is 8.91. The minimum Gasteiger partial charge on any atom is -0.356 e. The number of rotatable bonds is 1. The van der Waals surface area contributed by atoms with Crippen LogP contribution < -0.4 is 4.90 Å². The highest BCUT2D eigenvalue weighted by Gasteiger charge is 2.26. The summed E-state index contributed by atoms with van der Waals surface area (Å²) in [6, 6.07) is 5.52. The van der Waals surface area contributed by atoms with E-state index < -0.39 is 0 Å². The summed E-state index contributed by atoms with van der Waals surface area (Å²) >= 11 is 5.92. The van der Waals surface area contributed by atoms with Crippen LogP contribution >= 0.6 is 11.6 Å². The van der Waals surface area contributed by atoms with E-state index in [9.17, 15) is 0 Å². The number of nitrogens with zero attached hydrogens (tertiary/aromatic N) is 3. The molecule has 1 aromatic heterocycles. The lowest BCUT2D eigenvalue weighted by Gasteiger charge is -2.37. The third-order valence-corrected chi connectivity index (χ3v) is 3.54. The Kier molecular flexibility index (Phi) is 3.26. The first kappa shape index (κ1) is 12.2. The monoisotopic (exact) mass is 249 g/mol. The van der Waals surface area contributed by atoms with Crippen molar-refractivity contribution >= 4 is 17.4 Å². The summed E-state index contributed by atoms with van der Waals surface area (Å²) in [4.78, 5) is 6.50.